The van der Waals surface area contributed by atoms with Crippen LogP contribution in [0.3, 0.4) is 0 Å². The van der Waals surface area contributed by atoms with Crippen molar-refractivity contribution in [3.63, 3.8) is 0 Å². The molecule has 17 heavy (non-hydrogen) atoms. The largest absolute Gasteiger partial charge is 0.393 e. The lowest BCUT2D eigenvalue weighted by Gasteiger charge is -2.22. The Labute approximate surface area is 104 Å². The van der Waals surface area contributed by atoms with Crippen LogP contribution in [-0.2, 0) is 0 Å². The zero-order chi connectivity index (χ0) is 11.8. The van der Waals surface area contributed by atoms with Crippen molar-refractivity contribution in [2.75, 3.05) is 0 Å². The molecule has 1 N–H and O–H groups in total. The van der Waals surface area contributed by atoms with E-state index in [1.165, 1.54) is 0 Å². The van der Waals surface area contributed by atoms with E-state index in [1.54, 1.807) is 10.7 Å². The van der Waals surface area contributed by atoms with Crippen molar-refractivity contribution in [3.8, 4) is 0 Å². The van der Waals surface area contributed by atoms with Gasteiger partial charge in [-0.2, -0.15) is 5.10 Å². The predicted octanol–water partition coefficient (Wildman–Crippen LogP) is 2.40. The summed E-state index contributed by atoms with van der Waals surface area (Å²) in [5, 5.41) is 14.6. The fourth-order valence-electron chi connectivity index (χ4n) is 2.38. The van der Waals surface area contributed by atoms with Crippen LogP contribution in [0.4, 0.5) is 0 Å². The van der Waals surface area contributed by atoms with Gasteiger partial charge in [0.2, 0.25) is 0 Å². The van der Waals surface area contributed by atoms with Gasteiger partial charge in [0.05, 0.1) is 11.1 Å². The number of pyridine rings is 1. The Morgan fingerprint density at radius 3 is 2.76 bits per heavy atom. The highest BCUT2D eigenvalue weighted by Crippen LogP contribution is 2.31. The maximum Gasteiger partial charge on any atom is 0.155 e. The highest BCUT2D eigenvalue weighted by molar-refractivity contribution is 6.30. The predicted molar refractivity (Wildman–Crippen MR) is 65.2 cm³/mol. The van der Waals surface area contributed by atoms with E-state index in [0.717, 1.165) is 37.2 Å². The van der Waals surface area contributed by atoms with Crippen molar-refractivity contribution < 1.29 is 5.11 Å². The summed E-state index contributed by atoms with van der Waals surface area (Å²) in [6.45, 7) is 0. The number of hydrogen-bond donors (Lipinski definition) is 1. The summed E-state index contributed by atoms with van der Waals surface area (Å²) in [7, 11) is 0. The van der Waals surface area contributed by atoms with Crippen molar-refractivity contribution in [2.45, 2.75) is 37.7 Å². The van der Waals surface area contributed by atoms with Gasteiger partial charge in [0, 0.05) is 12.1 Å². The molecule has 1 fully saturated rings. The molecule has 1 aliphatic carbocycles. The van der Waals surface area contributed by atoms with E-state index < -0.39 is 0 Å². The Balaban J connectivity index is 1.90. The molecule has 4 nitrogen and oxygen atoms in total. The Kier molecular flexibility index (Phi) is 2.76. The zero-order valence-corrected chi connectivity index (χ0v) is 10.1. The quantitative estimate of drug-likeness (QED) is 0.847. The first-order chi connectivity index (χ1) is 8.22. The molecule has 3 rings (SSSR count). The molecule has 0 aromatic carbocycles. The van der Waals surface area contributed by atoms with E-state index in [9.17, 15) is 5.11 Å². The number of aromatic nitrogens is 3. The summed E-state index contributed by atoms with van der Waals surface area (Å²) >= 11 is 5.91. The SMILES string of the molecule is OC1CCC(c2nc3ccc(Cl)cn3n2)CC1. The summed E-state index contributed by atoms with van der Waals surface area (Å²) in [5.74, 6) is 1.25. The third kappa shape index (κ3) is 2.15. The molecule has 1 saturated carbocycles. The minimum Gasteiger partial charge on any atom is -0.393 e. The minimum absolute atomic E-state index is 0.141. The number of aliphatic hydroxyl groups excluding tert-OH is 1. The molecule has 0 saturated heterocycles. The van der Waals surface area contributed by atoms with Crippen molar-refractivity contribution in [1.29, 1.82) is 0 Å². The normalized spacial score (nSPS) is 25.3. The van der Waals surface area contributed by atoms with Crippen molar-refractivity contribution in [3.05, 3.63) is 29.2 Å². The number of fused-ring (bicyclic) bond motifs is 1. The van der Waals surface area contributed by atoms with Crippen LogP contribution >= 0.6 is 11.6 Å². The molecule has 5 heteroatoms. The molecule has 1 aliphatic rings. The molecule has 0 aliphatic heterocycles. The van der Waals surface area contributed by atoms with Gasteiger partial charge in [0.1, 0.15) is 0 Å². The van der Waals surface area contributed by atoms with E-state index in [4.69, 9.17) is 11.6 Å². The number of aliphatic hydroxyl groups is 1. The highest BCUT2D eigenvalue weighted by Gasteiger charge is 2.23. The lowest BCUT2D eigenvalue weighted by molar-refractivity contribution is 0.121. The van der Waals surface area contributed by atoms with Gasteiger partial charge >= 0.3 is 0 Å². The van der Waals surface area contributed by atoms with Crippen LogP contribution in [0.2, 0.25) is 5.02 Å². The highest BCUT2D eigenvalue weighted by atomic mass is 35.5. The van der Waals surface area contributed by atoms with E-state index in [-0.39, 0.29) is 6.10 Å². The summed E-state index contributed by atoms with van der Waals surface area (Å²) in [6.07, 6.45) is 5.25. The fourth-order valence-corrected chi connectivity index (χ4v) is 2.54. The first-order valence-electron chi connectivity index (χ1n) is 5.92. The lowest BCUT2D eigenvalue weighted by atomic mass is 9.87. The second kappa shape index (κ2) is 4.27. The standard InChI is InChI=1S/C12H14ClN3O/c13-9-3-6-11-14-12(15-16(11)7-9)8-1-4-10(17)5-2-8/h3,6-8,10,17H,1-2,4-5H2. The van der Waals surface area contributed by atoms with E-state index in [1.807, 2.05) is 12.1 Å². The van der Waals surface area contributed by atoms with Gasteiger partial charge < -0.3 is 5.11 Å². The van der Waals surface area contributed by atoms with Gasteiger partial charge in [-0.15, -0.1) is 0 Å². The summed E-state index contributed by atoms with van der Waals surface area (Å²) in [4.78, 5) is 4.51. The van der Waals surface area contributed by atoms with E-state index >= 15 is 0 Å². The van der Waals surface area contributed by atoms with Crippen LogP contribution in [0.5, 0.6) is 0 Å². The van der Waals surface area contributed by atoms with Gasteiger partial charge in [-0.05, 0) is 37.8 Å². The number of rotatable bonds is 1. The van der Waals surface area contributed by atoms with Gasteiger partial charge in [-0.25, -0.2) is 9.50 Å². The molecular weight excluding hydrogens is 238 g/mol. The number of hydrogen-bond acceptors (Lipinski definition) is 3. The van der Waals surface area contributed by atoms with Crippen LogP contribution in [-0.4, -0.2) is 25.8 Å². The minimum atomic E-state index is -0.141. The smallest absolute Gasteiger partial charge is 0.155 e. The summed E-state index contributed by atoms with van der Waals surface area (Å²) in [5.41, 5.74) is 0.829. The van der Waals surface area contributed by atoms with E-state index in [2.05, 4.69) is 10.1 Å². The Bertz CT molecular complexity index is 532. The van der Waals surface area contributed by atoms with Gasteiger partial charge in [0.25, 0.3) is 0 Å². The molecule has 2 aromatic heterocycles. The average Bonchev–Trinajstić information content (AvgIpc) is 2.72. The number of halogens is 1. The second-order valence-electron chi connectivity index (χ2n) is 4.63. The average molecular weight is 252 g/mol. The van der Waals surface area contributed by atoms with Gasteiger partial charge in [0.15, 0.2) is 11.5 Å². The molecule has 2 aromatic rings. The summed E-state index contributed by atoms with van der Waals surface area (Å²) < 4.78 is 1.72. The molecule has 0 atom stereocenters. The first kappa shape index (κ1) is 11.0. The summed E-state index contributed by atoms with van der Waals surface area (Å²) in [6, 6.07) is 3.69. The van der Waals surface area contributed by atoms with Crippen LogP contribution in [0.1, 0.15) is 37.4 Å². The first-order valence-corrected chi connectivity index (χ1v) is 6.30. The topological polar surface area (TPSA) is 50.4 Å². The monoisotopic (exact) mass is 251 g/mol. The fraction of sp³-hybridized carbons (Fsp3) is 0.500. The van der Waals surface area contributed by atoms with E-state index in [0.29, 0.717) is 10.9 Å². The van der Waals surface area contributed by atoms with Gasteiger partial charge in [-0.1, -0.05) is 11.6 Å². The molecule has 0 spiro atoms. The van der Waals surface area contributed by atoms with Crippen molar-refractivity contribution in [2.24, 2.45) is 0 Å². The Morgan fingerprint density at radius 1 is 1.24 bits per heavy atom. The molecule has 0 radical (unpaired) electrons. The Hall–Kier alpha value is -1.13. The number of nitrogens with zero attached hydrogens (tertiary/aromatic N) is 3. The van der Waals surface area contributed by atoms with Crippen LogP contribution in [0, 0.1) is 0 Å². The molecule has 0 bridgehead atoms. The molecule has 0 unspecified atom stereocenters. The van der Waals surface area contributed by atoms with Crippen molar-refractivity contribution in [1.82, 2.24) is 14.6 Å². The third-order valence-corrected chi connectivity index (χ3v) is 3.60. The molecular formula is C12H14ClN3O. The zero-order valence-electron chi connectivity index (χ0n) is 9.38. The van der Waals surface area contributed by atoms with Crippen molar-refractivity contribution >= 4 is 17.2 Å². The van der Waals surface area contributed by atoms with Gasteiger partial charge in [-0.3, -0.25) is 0 Å². The maximum absolute atomic E-state index is 9.49. The molecule has 0 amide bonds. The van der Waals surface area contributed by atoms with Crippen LogP contribution < -0.4 is 0 Å². The lowest BCUT2D eigenvalue weighted by Crippen LogP contribution is -2.17. The molecule has 90 valence electrons. The third-order valence-electron chi connectivity index (χ3n) is 3.37. The van der Waals surface area contributed by atoms with Crippen LogP contribution in [0.25, 0.3) is 5.65 Å². The Morgan fingerprint density at radius 2 is 2.00 bits per heavy atom. The molecule has 2 heterocycles. The van der Waals surface area contributed by atoms with Crippen LogP contribution in [0.15, 0.2) is 18.3 Å². The second-order valence-corrected chi connectivity index (χ2v) is 5.06. The maximum atomic E-state index is 9.49.